The quantitative estimate of drug-likeness (QED) is 0.246. The van der Waals surface area contributed by atoms with Crippen molar-refractivity contribution in [1.82, 2.24) is 15.5 Å². The second kappa shape index (κ2) is 14.5. The minimum atomic E-state index is -0.579. The van der Waals surface area contributed by atoms with Gasteiger partial charge in [-0.05, 0) is 88.0 Å². The van der Waals surface area contributed by atoms with Crippen molar-refractivity contribution >= 4 is 35.0 Å². The molecule has 2 aliphatic rings. The molecule has 2 saturated heterocycles. The van der Waals surface area contributed by atoms with Gasteiger partial charge in [-0.25, -0.2) is 0 Å². The monoisotopic (exact) mass is 667 g/mol. The van der Waals surface area contributed by atoms with E-state index in [4.69, 9.17) is 37.4 Å². The smallest absolute Gasteiger partial charge is 0.254 e. The Morgan fingerprint density at radius 3 is 2.20 bits per heavy atom. The van der Waals surface area contributed by atoms with Crippen molar-refractivity contribution < 1.29 is 23.8 Å². The van der Waals surface area contributed by atoms with E-state index in [1.165, 1.54) is 0 Å². The normalized spacial score (nSPS) is 19.2. The van der Waals surface area contributed by atoms with Gasteiger partial charge in [0.25, 0.3) is 5.91 Å². The number of methoxy groups -OCH3 is 2. The van der Waals surface area contributed by atoms with Crippen molar-refractivity contribution in [2.24, 2.45) is 0 Å². The highest BCUT2D eigenvalue weighted by Gasteiger charge is 2.44. The maximum absolute atomic E-state index is 14.0. The number of ether oxygens (including phenoxy) is 3. The van der Waals surface area contributed by atoms with Crippen molar-refractivity contribution in [1.29, 1.82) is 0 Å². The van der Waals surface area contributed by atoms with Gasteiger partial charge in [-0.3, -0.25) is 9.59 Å². The summed E-state index contributed by atoms with van der Waals surface area (Å²) in [4.78, 5) is 29.8. The number of piperidine rings is 1. The molecule has 2 aliphatic heterocycles. The van der Waals surface area contributed by atoms with Gasteiger partial charge in [0, 0.05) is 30.6 Å². The molecule has 2 heterocycles. The zero-order valence-electron chi connectivity index (χ0n) is 27.0. The summed E-state index contributed by atoms with van der Waals surface area (Å²) in [5.74, 6) is 1.22. The summed E-state index contributed by atoms with van der Waals surface area (Å²) in [5.41, 5.74) is 1.45. The zero-order valence-corrected chi connectivity index (χ0v) is 28.5. The molecule has 0 aliphatic carbocycles. The minimum Gasteiger partial charge on any atom is -0.493 e. The van der Waals surface area contributed by atoms with Crippen LogP contribution in [-0.4, -0.2) is 69.8 Å². The molecule has 2 fully saturated rings. The van der Waals surface area contributed by atoms with Crippen LogP contribution in [0.2, 0.25) is 10.0 Å². The van der Waals surface area contributed by atoms with E-state index in [0.29, 0.717) is 65.3 Å². The molecular formula is C36H43Cl2N3O5. The highest BCUT2D eigenvalue weighted by atomic mass is 35.5. The Bertz CT molecular complexity index is 1520. The number of halogens is 2. The molecule has 1 unspecified atom stereocenters. The van der Waals surface area contributed by atoms with E-state index in [1.807, 2.05) is 61.2 Å². The molecule has 3 aromatic rings. The maximum atomic E-state index is 14.0. The molecule has 0 saturated carbocycles. The SMILES string of the molecule is COc1cc(C(=O)N2CCC(CCNC(=O)C3(c4ccccc4)CCNCC3)(c3ccc(Cl)c(Cl)c3)C2)cc(OC)c1OC(C)C. The van der Waals surface area contributed by atoms with Crippen LogP contribution in [0.15, 0.2) is 60.7 Å². The fourth-order valence-electron chi connectivity index (χ4n) is 6.84. The fraction of sp³-hybridized carbons (Fsp3) is 0.444. The lowest BCUT2D eigenvalue weighted by Gasteiger charge is -2.37. The molecular weight excluding hydrogens is 625 g/mol. The first-order valence-corrected chi connectivity index (χ1v) is 16.6. The fourth-order valence-corrected chi connectivity index (χ4v) is 7.13. The van der Waals surface area contributed by atoms with E-state index in [9.17, 15) is 9.59 Å². The van der Waals surface area contributed by atoms with Gasteiger partial charge in [0.05, 0.1) is 35.8 Å². The van der Waals surface area contributed by atoms with Crippen LogP contribution in [0.5, 0.6) is 17.2 Å². The van der Waals surface area contributed by atoms with Crippen LogP contribution >= 0.6 is 23.2 Å². The summed E-state index contributed by atoms with van der Waals surface area (Å²) in [6, 6.07) is 19.1. The van der Waals surface area contributed by atoms with Crippen molar-refractivity contribution in [3.8, 4) is 17.2 Å². The van der Waals surface area contributed by atoms with Crippen molar-refractivity contribution in [2.45, 2.75) is 56.5 Å². The van der Waals surface area contributed by atoms with E-state index in [1.54, 1.807) is 32.4 Å². The average molecular weight is 669 g/mol. The maximum Gasteiger partial charge on any atom is 0.254 e. The molecule has 0 radical (unpaired) electrons. The number of carbonyl (C=O) groups excluding carboxylic acids is 2. The number of likely N-dealkylation sites (tertiary alicyclic amines) is 1. The van der Waals surface area contributed by atoms with Gasteiger partial charge in [-0.15, -0.1) is 0 Å². The largest absolute Gasteiger partial charge is 0.493 e. The Labute approximate surface area is 281 Å². The molecule has 0 spiro atoms. The van der Waals surface area contributed by atoms with Gasteiger partial charge in [0.2, 0.25) is 11.7 Å². The summed E-state index contributed by atoms with van der Waals surface area (Å²) < 4.78 is 17.1. The number of rotatable bonds is 11. The first kappa shape index (κ1) is 33.9. The molecule has 10 heteroatoms. The molecule has 3 aromatic carbocycles. The summed E-state index contributed by atoms with van der Waals surface area (Å²) in [5, 5.41) is 7.61. The number of hydrogen-bond acceptors (Lipinski definition) is 6. The van der Waals surface area contributed by atoms with Crippen LogP contribution < -0.4 is 24.8 Å². The van der Waals surface area contributed by atoms with Gasteiger partial charge in [0.1, 0.15) is 0 Å². The molecule has 8 nitrogen and oxygen atoms in total. The Kier molecular flexibility index (Phi) is 10.7. The standard InChI is InChI=1S/C36H43Cl2N3O5/c1-24(2)46-32-30(44-3)20-25(21-31(32)45-4)33(42)41-19-15-35(23-41,27-10-11-28(37)29(38)22-27)12-18-40-34(43)36(13-16-39-17-14-36)26-8-6-5-7-9-26/h5-11,20-22,24,39H,12-19,23H2,1-4H3,(H,40,43). The molecule has 0 bridgehead atoms. The molecule has 46 heavy (non-hydrogen) atoms. The highest BCUT2D eigenvalue weighted by molar-refractivity contribution is 6.42. The average Bonchev–Trinajstić information content (AvgIpc) is 3.51. The number of amides is 2. The van der Waals surface area contributed by atoms with E-state index in [0.717, 1.165) is 37.1 Å². The van der Waals surface area contributed by atoms with E-state index >= 15 is 0 Å². The predicted octanol–water partition coefficient (Wildman–Crippen LogP) is 6.41. The van der Waals surface area contributed by atoms with Gasteiger partial charge >= 0.3 is 0 Å². The zero-order chi connectivity index (χ0) is 32.9. The van der Waals surface area contributed by atoms with Gasteiger partial charge in [-0.2, -0.15) is 0 Å². The van der Waals surface area contributed by atoms with Gasteiger partial charge < -0.3 is 29.7 Å². The lowest BCUT2D eigenvalue weighted by atomic mass is 9.72. The van der Waals surface area contributed by atoms with Crippen LogP contribution in [-0.2, 0) is 15.6 Å². The molecule has 1 atom stereocenters. The summed E-state index contributed by atoms with van der Waals surface area (Å²) in [7, 11) is 3.09. The van der Waals surface area contributed by atoms with Gasteiger partial charge in [-0.1, -0.05) is 59.6 Å². The molecule has 2 amide bonds. The molecule has 246 valence electrons. The second-order valence-corrected chi connectivity index (χ2v) is 13.3. The van der Waals surface area contributed by atoms with Gasteiger partial charge in [0.15, 0.2) is 11.5 Å². The number of hydrogen-bond donors (Lipinski definition) is 2. The topological polar surface area (TPSA) is 89.1 Å². The van der Waals surface area contributed by atoms with Crippen molar-refractivity contribution in [2.75, 3.05) is 46.9 Å². The minimum absolute atomic E-state index is 0.0401. The summed E-state index contributed by atoms with van der Waals surface area (Å²) >= 11 is 12.8. The van der Waals surface area contributed by atoms with E-state index < -0.39 is 10.8 Å². The number of nitrogens with one attached hydrogen (secondary N) is 2. The molecule has 2 N–H and O–H groups in total. The lowest BCUT2D eigenvalue weighted by molar-refractivity contribution is -0.127. The Morgan fingerprint density at radius 1 is 0.913 bits per heavy atom. The van der Waals surface area contributed by atoms with Crippen molar-refractivity contribution in [3.63, 3.8) is 0 Å². The number of benzene rings is 3. The Balaban J connectivity index is 1.39. The molecule has 0 aromatic heterocycles. The van der Waals surface area contributed by atoms with Crippen LogP contribution in [0.4, 0.5) is 0 Å². The molecule has 5 rings (SSSR count). The third-order valence-corrected chi connectivity index (χ3v) is 10.1. The Hall–Kier alpha value is -3.46. The van der Waals surface area contributed by atoms with E-state index in [-0.39, 0.29) is 17.9 Å². The highest BCUT2D eigenvalue weighted by Crippen LogP contribution is 2.43. The predicted molar refractivity (Wildman–Crippen MR) is 182 cm³/mol. The van der Waals surface area contributed by atoms with Crippen LogP contribution in [0.25, 0.3) is 0 Å². The van der Waals surface area contributed by atoms with Crippen LogP contribution in [0, 0.1) is 0 Å². The number of nitrogens with zero attached hydrogens (tertiary/aromatic N) is 1. The Morgan fingerprint density at radius 2 is 1.59 bits per heavy atom. The summed E-state index contributed by atoms with van der Waals surface area (Å²) in [6.45, 7) is 6.83. The van der Waals surface area contributed by atoms with Crippen LogP contribution in [0.1, 0.15) is 61.0 Å². The number of carbonyl (C=O) groups is 2. The van der Waals surface area contributed by atoms with Crippen LogP contribution in [0.3, 0.4) is 0 Å². The summed E-state index contributed by atoms with van der Waals surface area (Å²) in [6.07, 6.45) is 2.68. The first-order valence-electron chi connectivity index (χ1n) is 15.8. The van der Waals surface area contributed by atoms with Crippen molar-refractivity contribution in [3.05, 3.63) is 87.4 Å². The lowest BCUT2D eigenvalue weighted by Crippen LogP contribution is -2.51. The third-order valence-electron chi connectivity index (χ3n) is 9.34. The first-order chi connectivity index (χ1) is 22.1. The second-order valence-electron chi connectivity index (χ2n) is 12.5. The third kappa shape index (κ3) is 6.94. The van der Waals surface area contributed by atoms with E-state index in [2.05, 4.69) is 10.6 Å².